The van der Waals surface area contributed by atoms with Gasteiger partial charge >= 0.3 is 0 Å². The summed E-state index contributed by atoms with van der Waals surface area (Å²) in [6.45, 7) is 3.75. The molecule has 2 aliphatic rings. The van der Waals surface area contributed by atoms with Gasteiger partial charge in [-0.1, -0.05) is 36.4 Å². The molecule has 5 aromatic rings. The molecule has 2 fully saturated rings. The Balaban J connectivity index is 0.00000277. The summed E-state index contributed by atoms with van der Waals surface area (Å²) in [5, 5.41) is 25.6. The number of fused-ring (bicyclic) bond motifs is 1. The van der Waals surface area contributed by atoms with Crippen molar-refractivity contribution >= 4 is 23.3 Å². The van der Waals surface area contributed by atoms with Gasteiger partial charge in [-0.15, -0.1) is 12.4 Å². The molecule has 8 heteroatoms. The van der Waals surface area contributed by atoms with Crippen LogP contribution in [0.2, 0.25) is 0 Å². The van der Waals surface area contributed by atoms with Gasteiger partial charge in [0.25, 0.3) is 0 Å². The summed E-state index contributed by atoms with van der Waals surface area (Å²) in [6.07, 6.45) is 3.15. The maximum Gasteiger partial charge on any atom is 0.123 e. The minimum Gasteiger partial charge on any atom is -0.507 e. The van der Waals surface area contributed by atoms with Crippen molar-refractivity contribution in [3.63, 3.8) is 0 Å². The van der Waals surface area contributed by atoms with Gasteiger partial charge in [-0.3, -0.25) is 9.58 Å². The Morgan fingerprint density at radius 2 is 1.69 bits per heavy atom. The van der Waals surface area contributed by atoms with E-state index >= 15 is 0 Å². The fourth-order valence-corrected chi connectivity index (χ4v) is 5.71. The molecule has 0 saturated carbocycles. The summed E-state index contributed by atoms with van der Waals surface area (Å²) in [6, 6.07) is 24.8. The second-order valence-electron chi connectivity index (χ2n) is 10.4. The molecule has 0 aliphatic carbocycles. The van der Waals surface area contributed by atoms with E-state index in [0.717, 1.165) is 82.8 Å². The number of phenolic OH excluding ortho intramolecular Hbond substituents is 1. The highest BCUT2D eigenvalue weighted by Crippen LogP contribution is 2.39. The highest BCUT2D eigenvalue weighted by Gasteiger charge is 2.35. The van der Waals surface area contributed by atoms with Gasteiger partial charge in [0.2, 0.25) is 0 Å². The van der Waals surface area contributed by atoms with Crippen molar-refractivity contribution in [1.82, 2.24) is 24.9 Å². The Kier molecular flexibility index (Phi) is 6.81. The standard InChI is InChI=1S/C31H29N5O2.ClH/c1-35-16-22-14-20(7-9-29(22)34-35)21-6-8-25(27(15-21)26-4-2-3-5-31(26)37)30-11-10-28(32-33-30)23-17-36(18-23)24-12-13-38-19-24;/h2-11,14-16,23-24,37H,12-13,17-19H2,1H3;1H. The van der Waals surface area contributed by atoms with E-state index in [1.54, 1.807) is 6.07 Å². The van der Waals surface area contributed by atoms with Crippen LogP contribution in [0.15, 0.2) is 79.0 Å². The first kappa shape index (κ1) is 25.5. The zero-order valence-electron chi connectivity index (χ0n) is 21.7. The first-order valence-corrected chi connectivity index (χ1v) is 13.1. The molecule has 7 nitrogen and oxygen atoms in total. The van der Waals surface area contributed by atoms with Crippen LogP contribution in [0.4, 0.5) is 0 Å². The van der Waals surface area contributed by atoms with Gasteiger partial charge in [0.15, 0.2) is 0 Å². The molecule has 1 N–H and O–H groups in total. The van der Waals surface area contributed by atoms with E-state index in [9.17, 15) is 5.11 Å². The van der Waals surface area contributed by atoms with E-state index in [1.807, 2.05) is 42.2 Å². The maximum atomic E-state index is 10.8. The van der Waals surface area contributed by atoms with Crippen molar-refractivity contribution in [2.24, 2.45) is 7.05 Å². The lowest BCUT2D eigenvalue weighted by Gasteiger charge is -2.42. The van der Waals surface area contributed by atoms with Crippen molar-refractivity contribution in [3.05, 3.63) is 84.7 Å². The minimum atomic E-state index is 0. The van der Waals surface area contributed by atoms with E-state index in [2.05, 4.69) is 62.7 Å². The monoisotopic (exact) mass is 539 g/mol. The predicted molar refractivity (Wildman–Crippen MR) is 155 cm³/mol. The smallest absolute Gasteiger partial charge is 0.123 e. The van der Waals surface area contributed by atoms with Crippen LogP contribution in [0.25, 0.3) is 44.4 Å². The lowest BCUT2D eigenvalue weighted by Crippen LogP contribution is -2.51. The Bertz CT molecular complexity index is 1620. The average Bonchev–Trinajstić information content (AvgIpc) is 3.57. The van der Waals surface area contributed by atoms with Gasteiger partial charge in [-0.05, 0) is 59.5 Å². The van der Waals surface area contributed by atoms with E-state index in [-0.39, 0.29) is 18.2 Å². The van der Waals surface area contributed by atoms with E-state index in [1.165, 1.54) is 0 Å². The number of halogens is 1. The third-order valence-electron chi connectivity index (χ3n) is 7.88. The van der Waals surface area contributed by atoms with Crippen LogP contribution in [-0.2, 0) is 11.8 Å². The third kappa shape index (κ3) is 4.78. The maximum absolute atomic E-state index is 10.8. The number of likely N-dealkylation sites (tertiary alicyclic amines) is 1. The number of aryl methyl sites for hydroxylation is 1. The Morgan fingerprint density at radius 1 is 0.872 bits per heavy atom. The zero-order chi connectivity index (χ0) is 25.6. The first-order chi connectivity index (χ1) is 18.6. The molecular weight excluding hydrogens is 510 g/mol. The fraction of sp³-hybridized carbons (Fsp3) is 0.258. The topological polar surface area (TPSA) is 76.3 Å². The molecule has 4 heterocycles. The molecule has 3 aromatic carbocycles. The second kappa shape index (κ2) is 10.4. The van der Waals surface area contributed by atoms with Gasteiger partial charge < -0.3 is 9.84 Å². The zero-order valence-corrected chi connectivity index (χ0v) is 22.5. The molecule has 1 atom stereocenters. The van der Waals surface area contributed by atoms with E-state index < -0.39 is 0 Å². The van der Waals surface area contributed by atoms with Gasteiger partial charge in [0.05, 0.1) is 23.5 Å². The number of benzene rings is 3. The molecule has 0 spiro atoms. The van der Waals surface area contributed by atoms with Crippen LogP contribution >= 0.6 is 12.4 Å². The van der Waals surface area contributed by atoms with Crippen molar-refractivity contribution < 1.29 is 9.84 Å². The molecule has 1 unspecified atom stereocenters. The van der Waals surface area contributed by atoms with Gasteiger partial charge in [0.1, 0.15) is 5.75 Å². The predicted octanol–water partition coefficient (Wildman–Crippen LogP) is 5.68. The number of nitrogens with zero attached hydrogens (tertiary/aromatic N) is 5. The quantitative estimate of drug-likeness (QED) is 0.310. The Hall–Kier alpha value is -3.78. The number of phenols is 1. The molecule has 198 valence electrons. The van der Waals surface area contributed by atoms with E-state index in [0.29, 0.717) is 12.0 Å². The Labute approximate surface area is 233 Å². The van der Waals surface area contributed by atoms with Crippen LogP contribution < -0.4 is 0 Å². The molecule has 7 rings (SSSR count). The number of ether oxygens (including phenoxy) is 1. The molecule has 39 heavy (non-hydrogen) atoms. The molecule has 2 aliphatic heterocycles. The normalized spacial score (nSPS) is 17.7. The van der Waals surface area contributed by atoms with Crippen molar-refractivity contribution in [2.45, 2.75) is 18.4 Å². The summed E-state index contributed by atoms with van der Waals surface area (Å²) < 4.78 is 7.37. The first-order valence-electron chi connectivity index (χ1n) is 13.1. The lowest BCUT2D eigenvalue weighted by molar-refractivity contribution is 0.0758. The SMILES string of the molecule is Cl.Cn1cc2cc(-c3ccc(-c4ccc(C5CN(C6CCOC6)C5)nn4)c(-c4ccccc4O)c3)ccc2n1. The Morgan fingerprint density at radius 3 is 2.46 bits per heavy atom. The summed E-state index contributed by atoms with van der Waals surface area (Å²) in [7, 11) is 1.93. The van der Waals surface area contributed by atoms with Crippen LogP contribution in [0, 0.1) is 0 Å². The van der Waals surface area contributed by atoms with Crippen molar-refractivity contribution in [3.8, 4) is 39.3 Å². The summed E-state index contributed by atoms with van der Waals surface area (Å²) in [5.41, 5.74) is 7.59. The second-order valence-corrected chi connectivity index (χ2v) is 10.4. The number of aromatic hydroxyl groups is 1. The van der Waals surface area contributed by atoms with Crippen LogP contribution in [0.1, 0.15) is 18.0 Å². The van der Waals surface area contributed by atoms with Gasteiger partial charge in [-0.2, -0.15) is 15.3 Å². The average molecular weight is 540 g/mol. The molecular formula is C31H30ClN5O2. The number of hydrogen-bond acceptors (Lipinski definition) is 6. The lowest BCUT2D eigenvalue weighted by atomic mass is 9.91. The van der Waals surface area contributed by atoms with Crippen LogP contribution in [-0.4, -0.2) is 62.3 Å². The van der Waals surface area contributed by atoms with E-state index in [4.69, 9.17) is 4.74 Å². The van der Waals surface area contributed by atoms with Crippen molar-refractivity contribution in [1.29, 1.82) is 0 Å². The summed E-state index contributed by atoms with van der Waals surface area (Å²) in [5.74, 6) is 0.656. The highest BCUT2D eigenvalue weighted by molar-refractivity contribution is 5.90. The largest absolute Gasteiger partial charge is 0.507 e. The molecule has 0 amide bonds. The number of aromatic nitrogens is 4. The molecule has 2 aromatic heterocycles. The molecule has 0 radical (unpaired) electrons. The summed E-state index contributed by atoms with van der Waals surface area (Å²) >= 11 is 0. The highest BCUT2D eigenvalue weighted by atomic mass is 35.5. The fourth-order valence-electron chi connectivity index (χ4n) is 5.71. The van der Waals surface area contributed by atoms with Crippen LogP contribution in [0.3, 0.4) is 0 Å². The minimum absolute atomic E-state index is 0. The molecule has 2 saturated heterocycles. The number of para-hydroxylation sites is 1. The number of rotatable bonds is 5. The number of hydrogen-bond donors (Lipinski definition) is 1. The van der Waals surface area contributed by atoms with Crippen LogP contribution in [0.5, 0.6) is 5.75 Å². The summed E-state index contributed by atoms with van der Waals surface area (Å²) in [4.78, 5) is 2.49. The molecule has 0 bridgehead atoms. The van der Waals surface area contributed by atoms with Gasteiger partial charge in [0, 0.05) is 61.4 Å². The van der Waals surface area contributed by atoms with Crippen molar-refractivity contribution in [2.75, 3.05) is 26.3 Å². The third-order valence-corrected chi connectivity index (χ3v) is 7.88. The van der Waals surface area contributed by atoms with Gasteiger partial charge in [-0.25, -0.2) is 0 Å².